The Balaban J connectivity index is 0.000000236. The van der Waals surface area contributed by atoms with Crippen LogP contribution in [-0.4, -0.2) is 14.2 Å². The minimum absolute atomic E-state index is 1.29. The molecule has 0 N–H and O–H groups in total. The zero-order valence-electron chi connectivity index (χ0n) is 6.17. The first-order chi connectivity index (χ1) is 4.81. The van der Waals surface area contributed by atoms with Crippen LogP contribution in [0.3, 0.4) is 0 Å². The SMILES string of the molecule is COC.Ic1ccccc1. The fourth-order valence-corrected chi connectivity index (χ4v) is 0.830. The summed E-state index contributed by atoms with van der Waals surface area (Å²) < 4.78 is 5.54. The first-order valence-corrected chi connectivity index (χ1v) is 3.99. The van der Waals surface area contributed by atoms with Crippen molar-refractivity contribution in [2.75, 3.05) is 14.2 Å². The fourth-order valence-electron chi connectivity index (χ4n) is 0.415. The van der Waals surface area contributed by atoms with Crippen molar-refractivity contribution in [2.45, 2.75) is 0 Å². The highest BCUT2D eigenvalue weighted by Crippen LogP contribution is 1.99. The summed E-state index contributed by atoms with van der Waals surface area (Å²) in [4.78, 5) is 0. The number of ether oxygens (including phenoxy) is 1. The Morgan fingerprint density at radius 3 is 1.70 bits per heavy atom. The van der Waals surface area contributed by atoms with Crippen LogP contribution in [0, 0.1) is 3.57 Å². The average Bonchev–Trinajstić information content (AvgIpc) is 1.91. The Kier molecular flexibility index (Phi) is 6.96. The summed E-state index contributed by atoms with van der Waals surface area (Å²) in [6, 6.07) is 10.2. The minimum atomic E-state index is 1.29. The van der Waals surface area contributed by atoms with Gasteiger partial charge in [-0.05, 0) is 34.7 Å². The van der Waals surface area contributed by atoms with Gasteiger partial charge in [-0.1, -0.05) is 18.2 Å². The standard InChI is InChI=1S/C6H5I.C2H6O/c7-6-4-2-1-3-5-6;1-3-2/h1-5H;1-2H3. The van der Waals surface area contributed by atoms with E-state index in [4.69, 9.17) is 0 Å². The number of methoxy groups -OCH3 is 1. The van der Waals surface area contributed by atoms with E-state index >= 15 is 0 Å². The highest BCUT2D eigenvalue weighted by Gasteiger charge is 1.74. The van der Waals surface area contributed by atoms with Gasteiger partial charge in [-0.15, -0.1) is 0 Å². The van der Waals surface area contributed by atoms with Gasteiger partial charge in [0.05, 0.1) is 0 Å². The molecule has 0 bridgehead atoms. The lowest BCUT2D eigenvalue weighted by atomic mass is 10.4. The highest BCUT2D eigenvalue weighted by atomic mass is 127. The molecule has 0 aliphatic carbocycles. The number of hydrogen-bond acceptors (Lipinski definition) is 1. The van der Waals surface area contributed by atoms with Crippen LogP contribution in [0.4, 0.5) is 0 Å². The monoisotopic (exact) mass is 250 g/mol. The third kappa shape index (κ3) is 6.04. The van der Waals surface area contributed by atoms with Gasteiger partial charge in [0.15, 0.2) is 0 Å². The number of benzene rings is 1. The largest absolute Gasteiger partial charge is 0.388 e. The van der Waals surface area contributed by atoms with Gasteiger partial charge in [0.25, 0.3) is 0 Å². The molecule has 0 aliphatic rings. The molecule has 1 nitrogen and oxygen atoms in total. The molecule has 1 aromatic carbocycles. The van der Waals surface area contributed by atoms with Crippen LogP contribution in [0.25, 0.3) is 0 Å². The van der Waals surface area contributed by atoms with Gasteiger partial charge in [-0.25, -0.2) is 0 Å². The smallest absolute Gasteiger partial charge is 0.0351 e. The molecule has 0 heterocycles. The second kappa shape index (κ2) is 7.02. The van der Waals surface area contributed by atoms with E-state index in [0.717, 1.165) is 0 Å². The summed E-state index contributed by atoms with van der Waals surface area (Å²) in [5.41, 5.74) is 0. The van der Waals surface area contributed by atoms with Crippen molar-refractivity contribution in [3.8, 4) is 0 Å². The molecule has 0 unspecified atom stereocenters. The third-order valence-corrected chi connectivity index (χ3v) is 1.45. The topological polar surface area (TPSA) is 9.23 Å². The summed E-state index contributed by atoms with van der Waals surface area (Å²) in [5, 5.41) is 0. The van der Waals surface area contributed by atoms with Crippen molar-refractivity contribution in [1.82, 2.24) is 0 Å². The first kappa shape index (κ1) is 9.91. The molecule has 0 aliphatic heterocycles. The molecule has 1 aromatic rings. The number of rotatable bonds is 0. The van der Waals surface area contributed by atoms with Gasteiger partial charge in [0.1, 0.15) is 0 Å². The number of hydrogen-bond donors (Lipinski definition) is 0. The van der Waals surface area contributed by atoms with E-state index in [0.29, 0.717) is 0 Å². The van der Waals surface area contributed by atoms with Gasteiger partial charge in [-0.2, -0.15) is 0 Å². The van der Waals surface area contributed by atoms with E-state index in [-0.39, 0.29) is 0 Å². The van der Waals surface area contributed by atoms with Crippen LogP contribution in [0.2, 0.25) is 0 Å². The van der Waals surface area contributed by atoms with Crippen molar-refractivity contribution < 1.29 is 4.74 Å². The molecule has 1 rings (SSSR count). The van der Waals surface area contributed by atoms with Crippen LogP contribution in [0.1, 0.15) is 0 Å². The second-order valence-corrected chi connectivity index (χ2v) is 2.95. The van der Waals surface area contributed by atoms with E-state index in [9.17, 15) is 0 Å². The summed E-state index contributed by atoms with van der Waals surface area (Å²) in [6.07, 6.45) is 0. The highest BCUT2D eigenvalue weighted by molar-refractivity contribution is 14.1. The van der Waals surface area contributed by atoms with Gasteiger partial charge in [0.2, 0.25) is 0 Å². The molecule has 56 valence electrons. The molecular formula is C8H11IO. The summed E-state index contributed by atoms with van der Waals surface area (Å²) in [6.45, 7) is 0. The fraction of sp³-hybridized carbons (Fsp3) is 0.250. The maximum atomic E-state index is 4.25. The lowest BCUT2D eigenvalue weighted by Gasteiger charge is -1.80. The maximum absolute atomic E-state index is 4.25. The summed E-state index contributed by atoms with van der Waals surface area (Å²) in [5.74, 6) is 0. The Hall–Kier alpha value is -0.0900. The van der Waals surface area contributed by atoms with E-state index in [1.165, 1.54) is 3.57 Å². The molecular weight excluding hydrogens is 239 g/mol. The van der Waals surface area contributed by atoms with E-state index in [1.807, 2.05) is 18.2 Å². The van der Waals surface area contributed by atoms with Crippen LogP contribution in [0.5, 0.6) is 0 Å². The summed E-state index contributed by atoms with van der Waals surface area (Å²) >= 11 is 2.28. The lowest BCUT2D eigenvalue weighted by Crippen LogP contribution is -1.61. The molecule has 0 radical (unpaired) electrons. The molecule has 0 aromatic heterocycles. The molecule has 0 amide bonds. The molecule has 0 spiro atoms. The van der Waals surface area contributed by atoms with Crippen molar-refractivity contribution in [1.29, 1.82) is 0 Å². The normalized spacial score (nSPS) is 7.90. The molecule has 10 heavy (non-hydrogen) atoms. The zero-order chi connectivity index (χ0) is 7.82. The summed E-state index contributed by atoms with van der Waals surface area (Å²) in [7, 11) is 3.25. The van der Waals surface area contributed by atoms with Crippen molar-refractivity contribution in [2.24, 2.45) is 0 Å². The zero-order valence-corrected chi connectivity index (χ0v) is 8.33. The molecule has 0 atom stereocenters. The second-order valence-electron chi connectivity index (χ2n) is 1.70. The quantitative estimate of drug-likeness (QED) is 0.643. The molecule has 0 fully saturated rings. The molecule has 0 saturated heterocycles. The average molecular weight is 250 g/mol. The van der Waals surface area contributed by atoms with Gasteiger partial charge < -0.3 is 4.74 Å². The van der Waals surface area contributed by atoms with E-state index in [1.54, 1.807) is 14.2 Å². The molecule has 2 heteroatoms. The predicted molar refractivity (Wildman–Crippen MR) is 52.1 cm³/mol. The Morgan fingerprint density at radius 1 is 1.10 bits per heavy atom. The third-order valence-electron chi connectivity index (χ3n) is 0.733. The van der Waals surface area contributed by atoms with Crippen molar-refractivity contribution >= 4 is 22.6 Å². The van der Waals surface area contributed by atoms with Crippen molar-refractivity contribution in [3.05, 3.63) is 33.9 Å². The predicted octanol–water partition coefficient (Wildman–Crippen LogP) is 2.55. The Bertz CT molecular complexity index is 151. The van der Waals surface area contributed by atoms with Gasteiger partial charge in [0, 0.05) is 17.8 Å². The van der Waals surface area contributed by atoms with E-state index in [2.05, 4.69) is 39.5 Å². The Labute approximate surface area is 75.5 Å². The van der Waals surface area contributed by atoms with Crippen LogP contribution >= 0.6 is 22.6 Å². The van der Waals surface area contributed by atoms with Gasteiger partial charge in [-0.3, -0.25) is 0 Å². The van der Waals surface area contributed by atoms with Gasteiger partial charge >= 0.3 is 0 Å². The van der Waals surface area contributed by atoms with Crippen molar-refractivity contribution in [3.63, 3.8) is 0 Å². The van der Waals surface area contributed by atoms with Crippen LogP contribution in [-0.2, 0) is 4.74 Å². The maximum Gasteiger partial charge on any atom is 0.0351 e. The number of halogens is 1. The first-order valence-electron chi connectivity index (χ1n) is 2.92. The Morgan fingerprint density at radius 2 is 1.50 bits per heavy atom. The minimum Gasteiger partial charge on any atom is -0.388 e. The van der Waals surface area contributed by atoms with Crippen LogP contribution < -0.4 is 0 Å². The molecule has 0 saturated carbocycles. The van der Waals surface area contributed by atoms with E-state index < -0.39 is 0 Å². The lowest BCUT2D eigenvalue weighted by molar-refractivity contribution is 0.277. The van der Waals surface area contributed by atoms with Crippen LogP contribution in [0.15, 0.2) is 30.3 Å².